The van der Waals surface area contributed by atoms with E-state index < -0.39 is 58.4 Å². The van der Waals surface area contributed by atoms with Crippen molar-refractivity contribution in [2.75, 3.05) is 31.3 Å². The quantitative estimate of drug-likeness (QED) is 0.0955. The van der Waals surface area contributed by atoms with Crippen molar-refractivity contribution in [3.05, 3.63) is 41.7 Å². The highest BCUT2D eigenvalue weighted by molar-refractivity contribution is 8.76. The number of benzene rings is 1. The van der Waals surface area contributed by atoms with Gasteiger partial charge in [0.2, 0.25) is 17.7 Å². The van der Waals surface area contributed by atoms with Crippen molar-refractivity contribution in [1.29, 1.82) is 0 Å². The third-order valence-electron chi connectivity index (χ3n) is 7.69. The zero-order valence-electron chi connectivity index (χ0n) is 24.5. The van der Waals surface area contributed by atoms with Crippen LogP contribution in [0.3, 0.4) is 0 Å². The fourth-order valence-corrected chi connectivity index (χ4v) is 8.75. The van der Waals surface area contributed by atoms with E-state index >= 15 is 0 Å². The summed E-state index contributed by atoms with van der Waals surface area (Å²) in [6.45, 7) is 3.57. The van der Waals surface area contributed by atoms with Crippen LogP contribution < -0.4 is 11.1 Å². The third kappa shape index (κ3) is 6.72. The van der Waals surface area contributed by atoms with Gasteiger partial charge >= 0.3 is 11.9 Å². The standard InChI is InChI=1S/C28H34N4O10S3/c1-28(2)22(32-24(37)20(25(32)45-28)30-23(36)19(29)14-3-5-15(34)6-4-14)27(39)41-10-12-44-43-11-9-40-26(38)21-16(7-8-33)42-18-13-17(35)31(18)21/h3-7,18-22,25,33-34H,8-13,29H2,1-2H3,(H,30,36)/b16-7-/t18-,19?,20+,21-,22?,25+/m1/s1. The van der Waals surface area contributed by atoms with Crippen LogP contribution in [-0.4, -0.2) is 115 Å². The molecule has 0 aromatic heterocycles. The molecule has 4 fully saturated rings. The third-order valence-corrected chi connectivity index (χ3v) is 11.6. The van der Waals surface area contributed by atoms with Gasteiger partial charge in [0.1, 0.15) is 48.2 Å². The van der Waals surface area contributed by atoms with Gasteiger partial charge in [0, 0.05) is 16.3 Å². The first kappa shape index (κ1) is 33.2. The predicted octanol–water partition coefficient (Wildman–Crippen LogP) is 0.240. The smallest absolute Gasteiger partial charge is 0.336 e. The minimum Gasteiger partial charge on any atom is -0.508 e. The number of hydrogen-bond donors (Lipinski definition) is 4. The maximum atomic E-state index is 13.0. The molecule has 4 aliphatic heterocycles. The van der Waals surface area contributed by atoms with Gasteiger partial charge in [-0.05, 0) is 37.6 Å². The van der Waals surface area contributed by atoms with Crippen molar-refractivity contribution < 1.29 is 48.4 Å². The van der Waals surface area contributed by atoms with Crippen LogP contribution in [0.5, 0.6) is 5.75 Å². The Bertz CT molecular complexity index is 1380. The van der Waals surface area contributed by atoms with E-state index in [1.807, 2.05) is 13.8 Å². The van der Waals surface area contributed by atoms with Gasteiger partial charge in [-0.1, -0.05) is 33.7 Å². The van der Waals surface area contributed by atoms with Crippen LogP contribution in [0.15, 0.2) is 36.1 Å². The molecule has 1 aromatic carbocycles. The number of ether oxygens (including phenoxy) is 3. The van der Waals surface area contributed by atoms with Crippen molar-refractivity contribution in [2.45, 2.75) is 60.8 Å². The summed E-state index contributed by atoms with van der Waals surface area (Å²) in [5.74, 6) is -1.12. The van der Waals surface area contributed by atoms with Gasteiger partial charge < -0.3 is 40.4 Å². The first-order chi connectivity index (χ1) is 21.4. The zero-order valence-corrected chi connectivity index (χ0v) is 26.9. The SMILES string of the molecule is CC1(C)S[C@H]2[C@@H](NC(=O)C(N)c3ccc(O)cc3)C(=O)N2C1C(=O)OCCSSCCOC(=O)[C@H]1/C(=C/CO)O[C@@H]2CC(=O)N21. The molecule has 1 aromatic rings. The summed E-state index contributed by atoms with van der Waals surface area (Å²) in [5.41, 5.74) is 6.54. The lowest BCUT2D eigenvalue weighted by molar-refractivity contribution is -0.165. The van der Waals surface area contributed by atoms with E-state index in [-0.39, 0.29) is 49.6 Å². The fourth-order valence-electron chi connectivity index (χ4n) is 5.48. The number of phenols is 1. The van der Waals surface area contributed by atoms with Crippen molar-refractivity contribution in [3.63, 3.8) is 0 Å². The van der Waals surface area contributed by atoms with E-state index in [0.29, 0.717) is 17.1 Å². The molecule has 45 heavy (non-hydrogen) atoms. The largest absolute Gasteiger partial charge is 0.508 e. The highest BCUT2D eigenvalue weighted by Crippen LogP contribution is 2.51. The number of nitrogens with two attached hydrogens (primary N) is 1. The lowest BCUT2D eigenvalue weighted by Crippen LogP contribution is -2.71. The van der Waals surface area contributed by atoms with E-state index in [0.717, 1.165) is 0 Å². The monoisotopic (exact) mass is 682 g/mol. The van der Waals surface area contributed by atoms with Crippen LogP contribution in [0.4, 0.5) is 0 Å². The summed E-state index contributed by atoms with van der Waals surface area (Å²) < 4.78 is 15.7. The molecule has 0 aliphatic carbocycles. The van der Waals surface area contributed by atoms with Gasteiger partial charge in [-0.15, -0.1) is 11.8 Å². The number of phenolic OH excluding ortho intramolecular Hbond substituents is 1. The molecule has 0 radical (unpaired) electrons. The number of hydrogen-bond acceptors (Lipinski definition) is 14. The van der Waals surface area contributed by atoms with Gasteiger partial charge in [-0.3, -0.25) is 19.3 Å². The molecule has 3 amide bonds. The molecule has 0 spiro atoms. The topological polar surface area (TPSA) is 198 Å². The highest BCUT2D eigenvalue weighted by atomic mass is 33.1. The second-order valence-electron chi connectivity index (χ2n) is 11.1. The summed E-state index contributed by atoms with van der Waals surface area (Å²) in [6.07, 6.45) is 1.04. The van der Waals surface area contributed by atoms with E-state index in [9.17, 15) is 29.1 Å². The Morgan fingerprint density at radius 2 is 1.78 bits per heavy atom. The summed E-state index contributed by atoms with van der Waals surface area (Å²) >= 11 is 1.41. The first-order valence-electron chi connectivity index (χ1n) is 14.2. The van der Waals surface area contributed by atoms with Crippen LogP contribution in [0, 0.1) is 0 Å². The molecule has 4 heterocycles. The van der Waals surface area contributed by atoms with Gasteiger partial charge in [-0.25, -0.2) is 9.59 Å². The van der Waals surface area contributed by atoms with Crippen molar-refractivity contribution in [2.24, 2.45) is 5.73 Å². The van der Waals surface area contributed by atoms with Crippen molar-refractivity contribution >= 4 is 63.0 Å². The van der Waals surface area contributed by atoms with Crippen LogP contribution in [-0.2, 0) is 38.2 Å². The number of thioether (sulfide) groups is 1. The minimum atomic E-state index is -1.03. The minimum absolute atomic E-state index is 0.0436. The lowest BCUT2D eigenvalue weighted by Gasteiger charge is -2.44. The Morgan fingerprint density at radius 1 is 1.13 bits per heavy atom. The van der Waals surface area contributed by atoms with E-state index in [2.05, 4.69) is 5.32 Å². The first-order valence-corrected chi connectivity index (χ1v) is 17.5. The molecule has 5 rings (SSSR count). The number of esters is 2. The van der Waals surface area contributed by atoms with Crippen LogP contribution >= 0.6 is 33.3 Å². The molecule has 0 saturated carbocycles. The van der Waals surface area contributed by atoms with Crippen LogP contribution in [0.1, 0.15) is 31.9 Å². The van der Waals surface area contributed by atoms with Crippen LogP contribution in [0.25, 0.3) is 0 Å². The second kappa shape index (κ2) is 13.7. The molecule has 14 nitrogen and oxygen atoms in total. The highest BCUT2D eigenvalue weighted by Gasteiger charge is 2.64. The predicted molar refractivity (Wildman–Crippen MR) is 165 cm³/mol. The Hall–Kier alpha value is -3.12. The molecule has 244 valence electrons. The molecular formula is C28H34N4O10S3. The zero-order chi connectivity index (χ0) is 32.5. The van der Waals surface area contributed by atoms with E-state index in [4.69, 9.17) is 25.1 Å². The van der Waals surface area contributed by atoms with Crippen molar-refractivity contribution in [1.82, 2.24) is 15.1 Å². The molecule has 17 heteroatoms. The molecule has 4 aliphatic rings. The average Bonchev–Trinajstić information content (AvgIpc) is 3.44. The van der Waals surface area contributed by atoms with Gasteiger partial charge in [0.05, 0.1) is 13.0 Å². The van der Waals surface area contributed by atoms with Gasteiger partial charge in [0.15, 0.2) is 12.3 Å². The van der Waals surface area contributed by atoms with Crippen molar-refractivity contribution in [3.8, 4) is 5.75 Å². The normalized spacial score (nSPS) is 27.6. The number of amides is 3. The molecule has 0 bridgehead atoms. The number of aromatic hydroxyl groups is 1. The van der Waals surface area contributed by atoms with Gasteiger partial charge in [-0.2, -0.15) is 0 Å². The number of nitrogens with zero attached hydrogens (tertiary/aromatic N) is 2. The molecule has 6 atom stereocenters. The second-order valence-corrected chi connectivity index (χ2v) is 15.5. The number of aliphatic hydroxyl groups excluding tert-OH is 1. The molecule has 4 saturated heterocycles. The summed E-state index contributed by atoms with van der Waals surface area (Å²) in [6, 6.07) is 2.26. The molecule has 5 N–H and O–H groups in total. The average molecular weight is 683 g/mol. The number of rotatable bonds is 13. The number of carbonyl (C=O) groups is 5. The lowest BCUT2D eigenvalue weighted by atomic mass is 9.95. The Kier molecular flexibility index (Phi) is 10.1. The molecular weight excluding hydrogens is 649 g/mol. The Labute approximate surface area is 271 Å². The number of fused-ring (bicyclic) bond motifs is 2. The fraction of sp³-hybridized carbons (Fsp3) is 0.536. The maximum absolute atomic E-state index is 13.0. The summed E-state index contributed by atoms with van der Waals surface area (Å²) in [4.78, 5) is 66.0. The van der Waals surface area contributed by atoms with E-state index in [1.54, 1.807) is 0 Å². The number of aliphatic hydroxyl groups is 1. The van der Waals surface area contributed by atoms with Crippen LogP contribution in [0.2, 0.25) is 0 Å². The number of carbonyl (C=O) groups excluding carboxylic acids is 5. The molecule has 2 unspecified atom stereocenters. The van der Waals surface area contributed by atoms with E-state index in [1.165, 1.54) is 73.5 Å². The number of nitrogens with one attached hydrogen (secondary N) is 1. The summed E-state index contributed by atoms with van der Waals surface area (Å²) in [5, 5.41) is 20.9. The Morgan fingerprint density at radius 3 is 2.40 bits per heavy atom. The number of β-lactam (4-membered cyclic amide) rings is 2. The summed E-state index contributed by atoms with van der Waals surface area (Å²) in [7, 11) is 2.84. The van der Waals surface area contributed by atoms with Gasteiger partial charge in [0.25, 0.3) is 0 Å². The Balaban J connectivity index is 1.01. The maximum Gasteiger partial charge on any atom is 0.336 e.